The highest BCUT2D eigenvalue weighted by Gasteiger charge is 2.37. The van der Waals surface area contributed by atoms with E-state index in [0.717, 1.165) is 25.0 Å². The van der Waals surface area contributed by atoms with Gasteiger partial charge in [-0.3, -0.25) is 0 Å². The number of rotatable bonds is 7. The number of hydrogen-bond donors (Lipinski definition) is 1. The molecule has 0 fully saturated rings. The highest BCUT2D eigenvalue weighted by molar-refractivity contribution is 5.06. The molecule has 0 saturated heterocycles. The van der Waals surface area contributed by atoms with Crippen molar-refractivity contribution in [1.29, 1.82) is 0 Å². The van der Waals surface area contributed by atoms with Crippen LogP contribution in [0.1, 0.15) is 32.4 Å². The van der Waals surface area contributed by atoms with Crippen LogP contribution in [0.2, 0.25) is 0 Å². The van der Waals surface area contributed by atoms with E-state index in [9.17, 15) is 0 Å². The minimum absolute atomic E-state index is 0.182. The van der Waals surface area contributed by atoms with Crippen LogP contribution in [0.25, 0.3) is 0 Å². The molecular formula is C14H26N2O. The lowest BCUT2D eigenvalue weighted by molar-refractivity contribution is 0.0893. The van der Waals surface area contributed by atoms with E-state index in [1.165, 1.54) is 0 Å². The summed E-state index contributed by atoms with van der Waals surface area (Å²) < 4.78 is 5.47. The van der Waals surface area contributed by atoms with E-state index in [0.29, 0.717) is 6.04 Å². The fourth-order valence-electron chi connectivity index (χ4n) is 2.88. The molecule has 1 aromatic heterocycles. The van der Waals surface area contributed by atoms with Gasteiger partial charge in [0.25, 0.3) is 0 Å². The molecule has 1 atom stereocenters. The van der Waals surface area contributed by atoms with Gasteiger partial charge in [-0.05, 0) is 46.1 Å². The summed E-state index contributed by atoms with van der Waals surface area (Å²) in [6.45, 7) is 4.52. The van der Waals surface area contributed by atoms with Gasteiger partial charge >= 0.3 is 0 Å². The van der Waals surface area contributed by atoms with Crippen LogP contribution in [0, 0.1) is 0 Å². The number of nitrogens with zero attached hydrogens (tertiary/aromatic N) is 1. The first-order valence-corrected chi connectivity index (χ1v) is 6.47. The Morgan fingerprint density at radius 3 is 2.35 bits per heavy atom. The molecule has 1 N–H and O–H groups in total. The van der Waals surface area contributed by atoms with E-state index in [2.05, 4.69) is 44.2 Å². The molecule has 0 radical (unpaired) electrons. The fraction of sp³-hybridized carbons (Fsp3) is 0.714. The van der Waals surface area contributed by atoms with Crippen molar-refractivity contribution in [2.45, 2.75) is 44.7 Å². The van der Waals surface area contributed by atoms with E-state index >= 15 is 0 Å². The highest BCUT2D eigenvalue weighted by Crippen LogP contribution is 2.27. The molecule has 17 heavy (non-hydrogen) atoms. The third-order valence-corrected chi connectivity index (χ3v) is 4.10. The van der Waals surface area contributed by atoms with Gasteiger partial charge in [0.15, 0.2) is 0 Å². The van der Waals surface area contributed by atoms with E-state index in [4.69, 9.17) is 4.42 Å². The predicted octanol–water partition coefficient (Wildman–Crippen LogP) is 2.53. The molecule has 1 heterocycles. The van der Waals surface area contributed by atoms with Crippen LogP contribution in [0.5, 0.6) is 0 Å². The Morgan fingerprint density at radius 2 is 2.00 bits per heavy atom. The van der Waals surface area contributed by atoms with Crippen LogP contribution in [-0.4, -0.2) is 37.6 Å². The van der Waals surface area contributed by atoms with Crippen molar-refractivity contribution in [3.8, 4) is 0 Å². The van der Waals surface area contributed by atoms with Gasteiger partial charge in [0.05, 0.1) is 6.26 Å². The lowest BCUT2D eigenvalue weighted by Crippen LogP contribution is -2.58. The monoisotopic (exact) mass is 238 g/mol. The zero-order chi connectivity index (χ0) is 12.9. The van der Waals surface area contributed by atoms with E-state index in [1.54, 1.807) is 6.26 Å². The summed E-state index contributed by atoms with van der Waals surface area (Å²) in [4.78, 5) is 2.34. The zero-order valence-electron chi connectivity index (χ0n) is 11.8. The maximum atomic E-state index is 5.47. The molecule has 0 saturated carbocycles. The SMILES string of the molecule is CCC(CC)(C(Cc1ccco1)NC)N(C)C. The van der Waals surface area contributed by atoms with E-state index < -0.39 is 0 Å². The summed E-state index contributed by atoms with van der Waals surface area (Å²) in [6, 6.07) is 4.41. The van der Waals surface area contributed by atoms with Crippen molar-refractivity contribution in [2.24, 2.45) is 0 Å². The van der Waals surface area contributed by atoms with Crippen LogP contribution in [0.15, 0.2) is 22.8 Å². The molecule has 0 spiro atoms. The fourth-order valence-corrected chi connectivity index (χ4v) is 2.88. The predicted molar refractivity (Wildman–Crippen MR) is 72.3 cm³/mol. The molecule has 3 nitrogen and oxygen atoms in total. The average molecular weight is 238 g/mol. The Bertz CT molecular complexity index is 302. The first kappa shape index (κ1) is 14.3. The third kappa shape index (κ3) is 2.90. The molecule has 0 aliphatic rings. The van der Waals surface area contributed by atoms with Crippen LogP contribution in [0.3, 0.4) is 0 Å². The second-order valence-electron chi connectivity index (χ2n) is 4.83. The van der Waals surface area contributed by atoms with Crippen molar-refractivity contribution in [3.05, 3.63) is 24.2 Å². The number of likely N-dealkylation sites (N-methyl/N-ethyl adjacent to an activating group) is 2. The minimum Gasteiger partial charge on any atom is -0.469 e. The van der Waals surface area contributed by atoms with Crippen LogP contribution >= 0.6 is 0 Å². The maximum Gasteiger partial charge on any atom is 0.105 e. The van der Waals surface area contributed by atoms with Crippen molar-refractivity contribution in [2.75, 3.05) is 21.1 Å². The first-order chi connectivity index (χ1) is 8.10. The standard InChI is InChI=1S/C14H26N2O/c1-6-14(7-2,16(4)5)13(15-3)11-12-9-8-10-17-12/h8-10,13,15H,6-7,11H2,1-5H3. The van der Waals surface area contributed by atoms with E-state index in [-0.39, 0.29) is 5.54 Å². The minimum atomic E-state index is 0.182. The van der Waals surface area contributed by atoms with Crippen molar-refractivity contribution in [1.82, 2.24) is 10.2 Å². The highest BCUT2D eigenvalue weighted by atomic mass is 16.3. The van der Waals surface area contributed by atoms with Crippen molar-refractivity contribution in [3.63, 3.8) is 0 Å². The summed E-state index contributed by atoms with van der Waals surface area (Å²) in [6.07, 6.45) is 4.94. The van der Waals surface area contributed by atoms with Gasteiger partial charge in [0.2, 0.25) is 0 Å². The van der Waals surface area contributed by atoms with Gasteiger partial charge in [-0.15, -0.1) is 0 Å². The summed E-state index contributed by atoms with van der Waals surface area (Å²) in [7, 11) is 6.37. The molecule has 0 aliphatic carbocycles. The van der Waals surface area contributed by atoms with Crippen molar-refractivity contribution >= 4 is 0 Å². The Hall–Kier alpha value is -0.800. The zero-order valence-corrected chi connectivity index (χ0v) is 11.8. The lowest BCUT2D eigenvalue weighted by atomic mass is 9.81. The van der Waals surface area contributed by atoms with Gasteiger partial charge in [-0.25, -0.2) is 0 Å². The van der Waals surface area contributed by atoms with Gasteiger partial charge in [-0.1, -0.05) is 13.8 Å². The normalized spacial score (nSPS) is 14.2. The number of nitrogens with one attached hydrogen (secondary N) is 1. The van der Waals surface area contributed by atoms with Gasteiger partial charge in [0, 0.05) is 18.0 Å². The third-order valence-electron chi connectivity index (χ3n) is 4.10. The quantitative estimate of drug-likeness (QED) is 0.791. The van der Waals surface area contributed by atoms with Crippen molar-refractivity contribution < 1.29 is 4.42 Å². The Labute approximate surface area is 105 Å². The van der Waals surface area contributed by atoms with Gasteiger partial charge in [-0.2, -0.15) is 0 Å². The molecular weight excluding hydrogens is 212 g/mol. The molecule has 0 aliphatic heterocycles. The van der Waals surface area contributed by atoms with Crippen LogP contribution in [0.4, 0.5) is 0 Å². The van der Waals surface area contributed by atoms with Crippen LogP contribution < -0.4 is 5.32 Å². The Kier molecular flexibility index (Phi) is 5.22. The summed E-state index contributed by atoms with van der Waals surface area (Å²) in [5, 5.41) is 3.46. The van der Waals surface area contributed by atoms with Gasteiger partial charge < -0.3 is 14.6 Å². The second kappa shape index (κ2) is 6.22. The summed E-state index contributed by atoms with van der Waals surface area (Å²) in [5.41, 5.74) is 0.182. The summed E-state index contributed by atoms with van der Waals surface area (Å²) in [5.74, 6) is 1.05. The molecule has 0 amide bonds. The topological polar surface area (TPSA) is 28.4 Å². The van der Waals surface area contributed by atoms with Crippen LogP contribution in [-0.2, 0) is 6.42 Å². The smallest absolute Gasteiger partial charge is 0.105 e. The molecule has 98 valence electrons. The Morgan fingerprint density at radius 1 is 1.35 bits per heavy atom. The Balaban J connectivity index is 2.89. The first-order valence-electron chi connectivity index (χ1n) is 6.47. The maximum absolute atomic E-state index is 5.47. The average Bonchev–Trinajstić information content (AvgIpc) is 2.82. The molecule has 1 rings (SSSR count). The summed E-state index contributed by atoms with van der Waals surface area (Å²) >= 11 is 0. The van der Waals surface area contributed by atoms with Gasteiger partial charge in [0.1, 0.15) is 5.76 Å². The largest absolute Gasteiger partial charge is 0.469 e. The second-order valence-corrected chi connectivity index (χ2v) is 4.83. The molecule has 0 bridgehead atoms. The molecule has 1 unspecified atom stereocenters. The molecule has 3 heteroatoms. The lowest BCUT2D eigenvalue weighted by Gasteiger charge is -2.45. The number of furan rings is 1. The number of hydrogen-bond acceptors (Lipinski definition) is 3. The molecule has 1 aromatic rings. The molecule has 0 aromatic carbocycles. The van der Waals surface area contributed by atoms with E-state index in [1.807, 2.05) is 13.1 Å².